The van der Waals surface area contributed by atoms with Crippen molar-refractivity contribution < 1.29 is 148 Å². The third kappa shape index (κ3) is 44.0. The highest BCUT2D eigenvalue weighted by Gasteiger charge is 2.37. The molecule has 5 saturated carbocycles. The predicted molar refractivity (Wildman–Crippen MR) is 458 cm³/mol. The third-order valence-electron chi connectivity index (χ3n) is 22.4. The first-order chi connectivity index (χ1) is 59.1. The molecule has 2 aromatic heterocycles. The average molecular weight is 1830 g/mol. The zero-order valence-corrected chi connectivity index (χ0v) is 75.4. The van der Waals surface area contributed by atoms with Gasteiger partial charge in [0.1, 0.15) is 59.7 Å². The number of Topliss-reactive ketones (excluding diaryl/α,β-unsaturated/α-hetero) is 5. The summed E-state index contributed by atoms with van der Waals surface area (Å²) in [5.41, 5.74) is 8.20. The smallest absolute Gasteiger partial charge is 0.321 e. The van der Waals surface area contributed by atoms with Gasteiger partial charge < -0.3 is 67.8 Å². The molecule has 5 aliphatic rings. The summed E-state index contributed by atoms with van der Waals surface area (Å²) in [6.45, 7) is 11.1. The number of ketones is 5. The van der Waals surface area contributed by atoms with Crippen molar-refractivity contribution in [2.75, 3.05) is 35.5 Å². The number of methoxy groups -OCH3 is 5. The maximum atomic E-state index is 12.3. The van der Waals surface area contributed by atoms with E-state index in [0.717, 1.165) is 62.5 Å². The molecule has 9 rings (SSSR count). The molecule has 3 atom stereocenters. The van der Waals surface area contributed by atoms with Crippen LogP contribution in [-0.4, -0.2) is 173 Å². The van der Waals surface area contributed by atoms with Crippen LogP contribution in [-0.2, 0) is 150 Å². The van der Waals surface area contributed by atoms with Gasteiger partial charge in [-0.1, -0.05) is 68.1 Å². The fourth-order valence-corrected chi connectivity index (χ4v) is 14.8. The van der Waals surface area contributed by atoms with E-state index < -0.39 is 65.6 Å². The number of hydrogen-bond acceptors (Lipinski definition) is 31. The number of esters is 9. The Morgan fingerprint density at radius 2 is 0.717 bits per heavy atom. The molecule has 5 fully saturated rings. The van der Waals surface area contributed by atoms with Crippen LogP contribution >= 0.6 is 24.0 Å². The molecule has 3 unspecified atom stereocenters. The monoisotopic (exact) mass is 1830 g/mol. The number of carbonyl (C=O) groups excluding carboxylic acids is 15. The van der Waals surface area contributed by atoms with Crippen LogP contribution in [0.15, 0.2) is 69.5 Å². The minimum absolute atomic E-state index is 0. The Labute approximate surface area is 751 Å². The molecular weight excluding hydrogens is 1700 g/mol. The lowest BCUT2D eigenvalue weighted by molar-refractivity contribution is -0.157. The van der Waals surface area contributed by atoms with Gasteiger partial charge in [0.2, 0.25) is 5.24 Å². The molecule has 36 heteroatoms. The fraction of sp³-hybridized carbons (Fsp3) is 0.604. The number of nitrogens with two attached hydrogens (primary N) is 1. The first-order valence-electron chi connectivity index (χ1n) is 41.7. The molecule has 4 aromatic rings. The van der Waals surface area contributed by atoms with Gasteiger partial charge in [-0.05, 0) is 186 Å². The van der Waals surface area contributed by atoms with Gasteiger partial charge in [0, 0.05) is 74.0 Å². The van der Waals surface area contributed by atoms with E-state index in [-0.39, 0.29) is 182 Å². The third-order valence-corrected chi connectivity index (χ3v) is 22.7. The Morgan fingerprint density at radius 3 is 1.02 bits per heavy atom. The summed E-state index contributed by atoms with van der Waals surface area (Å²) in [7, 11) is 6.33. The highest BCUT2D eigenvalue weighted by atomic mass is 35.5. The number of halogens is 2. The molecule has 5 aliphatic carbocycles. The van der Waals surface area contributed by atoms with Crippen LogP contribution in [0.3, 0.4) is 0 Å². The topological polar surface area (TPSA) is 520 Å². The summed E-state index contributed by atoms with van der Waals surface area (Å²) in [4.78, 5) is 210. The highest BCUT2D eigenvalue weighted by molar-refractivity contribution is 6.64. The van der Waals surface area contributed by atoms with Crippen LogP contribution in [0.1, 0.15) is 260 Å². The Hall–Kier alpha value is -10.7. The summed E-state index contributed by atoms with van der Waals surface area (Å²) < 4.78 is 48.6. The highest BCUT2D eigenvalue weighted by Crippen LogP contribution is 2.40. The zero-order chi connectivity index (χ0) is 93.6. The number of rotatable bonds is 31. The van der Waals surface area contributed by atoms with Gasteiger partial charge in [-0.2, -0.15) is 0 Å². The predicted octanol–water partition coefficient (Wildman–Crippen LogP) is 12.9. The quantitative estimate of drug-likeness (QED) is 0.0157. The molecular formula is C91H127Cl2N3O31. The fourth-order valence-electron chi connectivity index (χ4n) is 14.6. The van der Waals surface area contributed by atoms with Gasteiger partial charge in [0.15, 0.2) is 11.8 Å². The van der Waals surface area contributed by atoms with Crippen LogP contribution in [0, 0.1) is 73.0 Å². The Balaban J connectivity index is 0.000000759. The minimum Gasteiger partial charge on any atom is -0.481 e. The van der Waals surface area contributed by atoms with Crippen LogP contribution in [0.25, 0.3) is 0 Å². The number of carbonyl (C=O) groups is 18. The lowest BCUT2D eigenvalue weighted by Gasteiger charge is -2.26. The molecule has 2 aromatic carbocycles. The number of oxazole rings is 2. The molecule has 5 N–H and O–H groups in total. The van der Waals surface area contributed by atoms with Crippen LogP contribution in [0.5, 0.6) is 0 Å². The molecule has 0 saturated heterocycles. The first-order valence-corrected chi connectivity index (χ1v) is 42.1. The summed E-state index contributed by atoms with van der Waals surface area (Å²) in [5, 5.41) is 26.0. The van der Waals surface area contributed by atoms with Crippen molar-refractivity contribution in [1.82, 2.24) is 9.97 Å². The zero-order valence-electron chi connectivity index (χ0n) is 73.8. The van der Waals surface area contributed by atoms with Gasteiger partial charge in [-0.3, -0.25) is 86.3 Å². The number of aliphatic carboxylic acids is 3. The van der Waals surface area contributed by atoms with E-state index in [0.29, 0.717) is 125 Å². The number of carboxylic acid groups (broad SMARTS) is 3. The van der Waals surface area contributed by atoms with E-state index in [1.54, 1.807) is 27.7 Å². The number of carboxylic acids is 3. The molecule has 0 aliphatic heterocycles. The van der Waals surface area contributed by atoms with E-state index >= 15 is 0 Å². The Morgan fingerprint density at radius 1 is 0.409 bits per heavy atom. The summed E-state index contributed by atoms with van der Waals surface area (Å²) in [6.07, 6.45) is 13.8. The number of aromatic nitrogens is 2. The van der Waals surface area contributed by atoms with Crippen LogP contribution < -0.4 is 5.73 Å². The summed E-state index contributed by atoms with van der Waals surface area (Å²) >= 11 is 5.47. The molecule has 0 spiro atoms. The second kappa shape index (κ2) is 60.8. The van der Waals surface area contributed by atoms with Crippen LogP contribution in [0.4, 0.5) is 0 Å². The van der Waals surface area contributed by atoms with Crippen molar-refractivity contribution >= 4 is 130 Å². The maximum Gasteiger partial charge on any atom is 0.321 e. The van der Waals surface area contributed by atoms with Crippen molar-refractivity contribution in [3.05, 3.63) is 106 Å². The van der Waals surface area contributed by atoms with Gasteiger partial charge >= 0.3 is 71.6 Å². The van der Waals surface area contributed by atoms with E-state index in [2.05, 4.69) is 38.4 Å². The Kier molecular flexibility index (Phi) is 54.7. The van der Waals surface area contributed by atoms with E-state index in [9.17, 15) is 86.3 Å². The normalized spacial score (nSPS) is 20.1. The van der Waals surface area contributed by atoms with Gasteiger partial charge in [0.25, 0.3) is 0 Å². The van der Waals surface area contributed by atoms with Crippen molar-refractivity contribution in [2.24, 2.45) is 64.9 Å². The van der Waals surface area contributed by atoms with Crippen molar-refractivity contribution in [2.45, 2.75) is 260 Å². The number of ether oxygens (including phenoxy) is 8. The summed E-state index contributed by atoms with van der Waals surface area (Å²) in [5.74, 6) is -6.24. The standard InChI is InChI=1S/C21H25NO5.C16H24O5.C15H17ClO3.C15H22O6.C14H19NO5.C5H9NO4.C4H6O3.CH4.ClH/c1-14-18(12-19(23)25-2)22-20(27-14)16-8-10-17(11-9-16)21(24)26-13-15-6-4-3-5-7-15;1-10(17)12-4-6-13(7-5-12)15(19)8-14(11(2)18)9-16(20)21-3;16-14(17)12-6-8-13(9-7-12)15(18)19-10-11-4-2-1-3-5-11;1-9(16)10-3-5-11(6-4-10)13(17)7-12(15(19)20)8-14(18)21-2;1-8-11(7-12(16)19-2)15-13(20-8)9-3-5-10(6-4-9)14(17)18;1-10-4(7)2-3(6)5(8)9;1-3(5)7-4(2)6;;/h3-7,16-17H,8-13H2,1-2H3;12-14H,4-9H2,1-3H3;1-5,12-13H,6-10H2;10-12H,3-8H2,1-2H3,(H,19,20);9-10H,3-7H2,1-2H3,(H,17,18);3H,2,6H2,1H3,(H,8,9);1-2H3;1H4;1H. The average Bonchev–Trinajstić information content (AvgIpc) is 1.62. The lowest BCUT2D eigenvalue weighted by atomic mass is 9.76. The SMILES string of the molecule is C.CC(=O)OC(C)=O.COC(=O)CC(CC(=O)C1CCC(C(C)=O)CC1)C(=O)O.COC(=O)CC(CC(=O)C1CCC(C(C)=O)CC1)C(C)=O.COC(=O)CC(N)C(=O)O.COC(=O)Cc1nc(C2CCC(C(=O)O)CC2)oc1C.COC(=O)Cc1nc(C2CCC(C(=O)OCc3ccccc3)CC2)oc1C.Cl.O=C(Cl)C1CCC(C(=O)OCc2ccccc2)CC1. The second-order valence-electron chi connectivity index (χ2n) is 31.5. The van der Waals surface area contributed by atoms with Gasteiger partial charge in [0.05, 0.1) is 103 Å². The molecule has 0 bridgehead atoms. The van der Waals surface area contributed by atoms with E-state index in [1.165, 1.54) is 56.3 Å². The largest absolute Gasteiger partial charge is 0.481 e. The van der Waals surface area contributed by atoms with Crippen molar-refractivity contribution in [3.63, 3.8) is 0 Å². The Bertz CT molecular complexity index is 4120. The molecule has 2 heterocycles. The van der Waals surface area contributed by atoms with E-state index in [4.69, 9.17) is 51.0 Å². The van der Waals surface area contributed by atoms with Crippen LogP contribution in [0.2, 0.25) is 0 Å². The van der Waals surface area contributed by atoms with E-state index in [1.807, 2.05) is 60.7 Å². The lowest BCUT2D eigenvalue weighted by Crippen LogP contribution is -2.32. The first kappa shape index (κ1) is 114. The minimum atomic E-state index is -1.20. The number of nitrogens with zero attached hydrogens (tertiary/aromatic N) is 2. The number of hydrogen-bond donors (Lipinski definition) is 4. The molecule has 34 nitrogen and oxygen atoms in total. The van der Waals surface area contributed by atoms with Crippen molar-refractivity contribution in [1.29, 1.82) is 0 Å². The molecule has 0 radical (unpaired) electrons. The van der Waals surface area contributed by atoms with Gasteiger partial charge in [-0.25, -0.2) is 9.97 Å². The molecule has 127 heavy (non-hydrogen) atoms. The second-order valence-corrected chi connectivity index (χ2v) is 31.8. The van der Waals surface area contributed by atoms with Gasteiger partial charge in [-0.15, -0.1) is 12.4 Å². The number of benzene rings is 2. The molecule has 0 amide bonds. The number of aryl methyl sites for hydroxylation is 2. The molecule has 706 valence electrons. The maximum absolute atomic E-state index is 12.3. The summed E-state index contributed by atoms with van der Waals surface area (Å²) in [6, 6.07) is 18.1. The van der Waals surface area contributed by atoms with Crippen molar-refractivity contribution in [3.8, 4) is 0 Å².